The first-order valence-corrected chi connectivity index (χ1v) is 24.7. The van der Waals surface area contributed by atoms with E-state index in [-0.39, 0.29) is 55.9 Å². The number of carbonyl (C=O) groups excluding carboxylic acids is 5. The largest absolute Gasteiger partial charge is 0.508 e. The summed E-state index contributed by atoms with van der Waals surface area (Å²) in [5.41, 5.74) is 6.22. The predicted octanol–water partition coefficient (Wildman–Crippen LogP) is 5.36. The lowest BCUT2D eigenvalue weighted by atomic mass is 9.84. The number of cyclic esters (lactones) is 1. The molecular weight excluding hydrogens is 933 g/mol. The molecule has 2 aliphatic heterocycles. The van der Waals surface area contributed by atoms with Gasteiger partial charge < -0.3 is 49.3 Å². The Labute approximate surface area is 426 Å². The van der Waals surface area contributed by atoms with E-state index in [4.69, 9.17) is 14.5 Å². The summed E-state index contributed by atoms with van der Waals surface area (Å²) in [6.07, 6.45) is 6.32. The van der Waals surface area contributed by atoms with Gasteiger partial charge in [-0.25, -0.2) is 9.78 Å². The summed E-state index contributed by atoms with van der Waals surface area (Å²) in [7, 11) is 8.43. The highest BCUT2D eigenvalue weighted by atomic mass is 16.6. The summed E-state index contributed by atoms with van der Waals surface area (Å²) in [5, 5.41) is 31.0. The molecule has 7 rings (SSSR count). The van der Waals surface area contributed by atoms with Crippen molar-refractivity contribution >= 4 is 46.3 Å². The number of methoxy groups -OCH3 is 1. The number of nitrogens with one attached hydrogen (secondary N) is 3. The van der Waals surface area contributed by atoms with Crippen molar-refractivity contribution in [3.63, 3.8) is 0 Å². The Morgan fingerprint density at radius 2 is 1.81 bits per heavy atom. The molecule has 4 atom stereocenters. The number of hydrogen-bond acceptors (Lipinski definition) is 13. The van der Waals surface area contributed by atoms with Gasteiger partial charge in [-0.05, 0) is 105 Å². The van der Waals surface area contributed by atoms with Crippen molar-refractivity contribution in [2.75, 3.05) is 53.3 Å². The van der Waals surface area contributed by atoms with E-state index in [9.17, 15) is 34.2 Å². The van der Waals surface area contributed by atoms with Crippen LogP contribution in [0, 0.1) is 11.3 Å². The zero-order chi connectivity index (χ0) is 53.1. The molecule has 0 unspecified atom stereocenters. The minimum Gasteiger partial charge on any atom is -0.508 e. The molecule has 5 aromatic rings. The smallest absolute Gasteiger partial charge is 0.355 e. The number of nitrogens with zero attached hydrogens (tertiary/aromatic N) is 7. The van der Waals surface area contributed by atoms with E-state index in [2.05, 4.69) is 38.6 Å². The Bertz CT molecular complexity index is 2920. The lowest BCUT2D eigenvalue weighted by molar-refractivity contribution is -0.189. The maximum absolute atomic E-state index is 14.8. The van der Waals surface area contributed by atoms with Crippen molar-refractivity contribution in [2.24, 2.45) is 18.4 Å². The fourth-order valence-electron chi connectivity index (χ4n) is 9.84. The van der Waals surface area contributed by atoms with Crippen LogP contribution in [0.4, 0.5) is 5.82 Å². The number of fused-ring (bicyclic) bond motifs is 6. The average molecular weight is 1000 g/mol. The van der Waals surface area contributed by atoms with Crippen LogP contribution < -0.4 is 16.1 Å². The molecule has 5 N–H and O–H groups in total. The number of phenolic OH excluding ortho intramolecular Hbond substituents is 1. The van der Waals surface area contributed by atoms with Crippen LogP contribution in [0.5, 0.6) is 5.75 Å². The van der Waals surface area contributed by atoms with E-state index in [1.807, 2.05) is 70.1 Å². The molecular formula is C54H70N10O9. The van der Waals surface area contributed by atoms with Gasteiger partial charge in [0.05, 0.1) is 30.3 Å². The molecule has 4 amide bonds. The Morgan fingerprint density at radius 1 is 1.05 bits per heavy atom. The second kappa shape index (κ2) is 22.0. The minimum atomic E-state index is -2.29. The quantitative estimate of drug-likeness (QED) is 0.0741. The van der Waals surface area contributed by atoms with Crippen LogP contribution in [-0.2, 0) is 55.1 Å². The molecule has 0 saturated carbocycles. The van der Waals surface area contributed by atoms with Crippen molar-refractivity contribution in [1.29, 1.82) is 0 Å². The molecule has 0 radical (unpaired) electrons. The predicted molar refractivity (Wildman–Crippen MR) is 277 cm³/mol. The topological polar surface area (TPSA) is 226 Å². The summed E-state index contributed by atoms with van der Waals surface area (Å²) in [6.45, 7) is 12.7. The third-order valence-corrected chi connectivity index (χ3v) is 13.6. The van der Waals surface area contributed by atoms with Gasteiger partial charge in [0, 0.05) is 87.8 Å². The molecule has 2 aromatic carbocycles. The van der Waals surface area contributed by atoms with Gasteiger partial charge in [0.25, 0.3) is 11.8 Å². The van der Waals surface area contributed by atoms with Gasteiger partial charge >= 0.3 is 5.97 Å². The third-order valence-electron chi connectivity index (χ3n) is 13.6. The first-order chi connectivity index (χ1) is 34.6. The highest BCUT2D eigenvalue weighted by Gasteiger charge is 2.45. The van der Waals surface area contributed by atoms with Crippen molar-refractivity contribution in [3.8, 4) is 28.1 Å². The van der Waals surface area contributed by atoms with Gasteiger partial charge in [-0.1, -0.05) is 45.9 Å². The van der Waals surface area contributed by atoms with Crippen LogP contribution in [0.2, 0.25) is 0 Å². The lowest BCUT2D eigenvalue weighted by Gasteiger charge is -2.40. The zero-order valence-corrected chi connectivity index (χ0v) is 43.8. The molecule has 0 spiro atoms. The summed E-state index contributed by atoms with van der Waals surface area (Å²) < 4.78 is 15.4. The molecule has 19 nitrogen and oxygen atoms in total. The first kappa shape index (κ1) is 53.9. The van der Waals surface area contributed by atoms with Crippen LogP contribution in [0.25, 0.3) is 33.3 Å². The van der Waals surface area contributed by atoms with E-state index in [0.717, 1.165) is 44.0 Å². The number of aliphatic hydroxyl groups is 1. The van der Waals surface area contributed by atoms with Crippen LogP contribution in [0.3, 0.4) is 0 Å². The summed E-state index contributed by atoms with van der Waals surface area (Å²) in [5.74, 6) is -3.68. The number of benzene rings is 2. The van der Waals surface area contributed by atoms with Crippen LogP contribution in [-0.4, -0.2) is 139 Å². The Balaban J connectivity index is 1.29. The fraction of sp³-hybridized carbons (Fsp3) is 0.463. The number of anilines is 1. The molecule has 6 bridgehead atoms. The minimum absolute atomic E-state index is 0.0458. The maximum Gasteiger partial charge on any atom is 0.355 e. The molecule has 1 saturated heterocycles. The van der Waals surface area contributed by atoms with Gasteiger partial charge in [-0.15, -0.1) is 0 Å². The van der Waals surface area contributed by atoms with Crippen LogP contribution in [0.1, 0.15) is 87.9 Å². The van der Waals surface area contributed by atoms with Gasteiger partial charge in [-0.2, -0.15) is 5.43 Å². The Kier molecular flexibility index (Phi) is 16.3. The van der Waals surface area contributed by atoms with Gasteiger partial charge in [-0.3, -0.25) is 29.2 Å². The molecule has 5 heterocycles. The number of aromatic hydroxyl groups is 1. The number of ether oxygens (including phenoxy) is 2. The van der Waals surface area contributed by atoms with E-state index in [1.165, 1.54) is 34.9 Å². The van der Waals surface area contributed by atoms with E-state index in [0.29, 0.717) is 30.6 Å². The Morgan fingerprint density at radius 3 is 2.51 bits per heavy atom. The van der Waals surface area contributed by atoms with Gasteiger partial charge in [0.2, 0.25) is 23.4 Å². The van der Waals surface area contributed by atoms with Crippen LogP contribution in [0.15, 0.2) is 73.1 Å². The standard InChI is InChI=1S/C54H70N10O9/c1-12-63-42-19-18-35-28-39(42)40(47(63)38-16-13-21-55-45(38)33(4)72-11)29-53(5,6)31-73-52(70)54(71)20-15-23-64(59-54)50(68)41(26-34-24-36(35)27-37(65)25-34)57-49(67)46(32(2)3)62(10)51(69)48-56-30-43(61(48)9)58-44(66)17-14-22-60(7)8/h13-14,16-19,21,24-25,27-28,30,32-33,41,46,59,65,71H,12,15,20,22-23,26,29,31H2,1-11H3,(H,57,67)(H,58,66)/b17-14+/t33-,41-,46-,54-/m0/s1. The normalized spacial score (nSPS) is 19.2. The second-order valence-electron chi connectivity index (χ2n) is 20.5. The number of likely N-dealkylation sites (N-methyl/N-ethyl adjacent to an activating group) is 2. The van der Waals surface area contributed by atoms with Crippen molar-refractivity contribution in [2.45, 2.75) is 97.7 Å². The molecule has 3 aromatic heterocycles. The number of phenols is 1. The van der Waals surface area contributed by atoms with Crippen molar-refractivity contribution in [3.05, 3.63) is 95.7 Å². The number of amides is 4. The molecule has 19 heteroatoms. The number of carbonyl (C=O) groups is 5. The monoisotopic (exact) mass is 1000 g/mol. The number of aromatic nitrogens is 4. The number of pyridine rings is 1. The number of esters is 1. The summed E-state index contributed by atoms with van der Waals surface area (Å²) >= 11 is 0. The SMILES string of the molecule is CCn1c(-c2cccnc2[C@H](C)OC)c2c3cc(ccc31)-c1cc(O)cc(c1)C[C@H](NC(=O)[C@H](C(C)C)N(C)C(=O)c1ncc(NC(=O)/C=C/CN(C)C)n1C)C(=O)N1CCC[C@@](O)(N1)C(=O)OCC(C)(C)C2. The number of hydrazine groups is 1. The highest BCUT2D eigenvalue weighted by Crippen LogP contribution is 2.42. The van der Waals surface area contributed by atoms with Gasteiger partial charge in [0.1, 0.15) is 23.7 Å². The average Bonchev–Trinajstić information content (AvgIpc) is 3.86. The maximum atomic E-state index is 14.8. The number of aryl methyl sites for hydroxylation is 1. The highest BCUT2D eigenvalue weighted by molar-refractivity contribution is 6.01. The first-order valence-electron chi connectivity index (χ1n) is 24.7. The van der Waals surface area contributed by atoms with Gasteiger partial charge in [0.15, 0.2) is 0 Å². The summed E-state index contributed by atoms with van der Waals surface area (Å²) in [6, 6.07) is 12.6. The lowest BCUT2D eigenvalue weighted by Crippen LogP contribution is -2.67. The van der Waals surface area contributed by atoms with Crippen molar-refractivity contribution < 1.29 is 43.7 Å². The Hall–Kier alpha value is -6.93. The van der Waals surface area contributed by atoms with Crippen LogP contribution >= 0.6 is 0 Å². The van der Waals surface area contributed by atoms with E-state index < -0.39 is 58.7 Å². The number of hydrogen-bond donors (Lipinski definition) is 5. The molecule has 390 valence electrons. The molecule has 1 fully saturated rings. The third kappa shape index (κ3) is 11.6. The van der Waals surface area contributed by atoms with E-state index in [1.54, 1.807) is 46.3 Å². The number of imidazole rings is 1. The summed E-state index contributed by atoms with van der Waals surface area (Å²) in [4.78, 5) is 82.6. The zero-order valence-electron chi connectivity index (χ0n) is 43.8. The molecule has 73 heavy (non-hydrogen) atoms. The second-order valence-corrected chi connectivity index (χ2v) is 20.5. The van der Waals surface area contributed by atoms with Crippen molar-refractivity contribution in [1.82, 2.24) is 44.7 Å². The molecule has 2 aliphatic rings. The number of rotatable bonds is 13. The fourth-order valence-corrected chi connectivity index (χ4v) is 9.84. The molecule has 0 aliphatic carbocycles. The van der Waals surface area contributed by atoms with E-state index >= 15 is 0 Å².